The third kappa shape index (κ3) is 2.52. The highest BCUT2D eigenvalue weighted by molar-refractivity contribution is 6.00. The van der Waals surface area contributed by atoms with Gasteiger partial charge in [0.1, 0.15) is 5.82 Å². The minimum Gasteiger partial charge on any atom is -0.290 e. The molecule has 0 N–H and O–H groups in total. The molecule has 6 nitrogen and oxygen atoms in total. The minimum absolute atomic E-state index is 0.0277. The van der Waals surface area contributed by atoms with Crippen LogP contribution < -0.4 is 4.90 Å². The highest BCUT2D eigenvalue weighted by atomic mass is 16.2. The van der Waals surface area contributed by atoms with E-state index in [2.05, 4.69) is 19.9 Å². The summed E-state index contributed by atoms with van der Waals surface area (Å²) in [5, 5.41) is 0. The van der Waals surface area contributed by atoms with Gasteiger partial charge in [0.25, 0.3) is 0 Å². The average molecular weight is 317 g/mol. The summed E-state index contributed by atoms with van der Waals surface area (Å²) in [4.78, 5) is 31.7. The summed E-state index contributed by atoms with van der Waals surface area (Å²) in [6, 6.07) is 9.40. The van der Waals surface area contributed by atoms with Gasteiger partial charge in [-0.3, -0.25) is 19.7 Å². The van der Waals surface area contributed by atoms with E-state index in [-0.39, 0.29) is 5.91 Å². The zero-order valence-corrected chi connectivity index (χ0v) is 13.2. The SMILES string of the molecule is Cc1nc(-c2ccncc2)nc2c1CC(=O)N2Cc1ccccn1. The molecule has 0 unspecified atom stereocenters. The topological polar surface area (TPSA) is 71.9 Å². The zero-order chi connectivity index (χ0) is 16.5. The Kier molecular flexibility index (Phi) is 3.49. The number of hydrogen-bond acceptors (Lipinski definition) is 5. The van der Waals surface area contributed by atoms with E-state index < -0.39 is 0 Å². The van der Waals surface area contributed by atoms with Crippen LogP contribution in [0.15, 0.2) is 48.9 Å². The molecule has 4 heterocycles. The van der Waals surface area contributed by atoms with Crippen LogP contribution in [0.1, 0.15) is 17.0 Å². The van der Waals surface area contributed by atoms with Gasteiger partial charge >= 0.3 is 0 Å². The Bertz CT molecular complexity index is 896. The summed E-state index contributed by atoms with van der Waals surface area (Å²) in [5.41, 5.74) is 3.45. The van der Waals surface area contributed by atoms with Crippen LogP contribution in [-0.2, 0) is 17.8 Å². The average Bonchev–Trinajstić information content (AvgIpc) is 2.93. The lowest BCUT2D eigenvalue weighted by molar-refractivity contribution is -0.117. The van der Waals surface area contributed by atoms with Gasteiger partial charge in [-0.15, -0.1) is 0 Å². The Hall–Kier alpha value is -3.15. The van der Waals surface area contributed by atoms with E-state index >= 15 is 0 Å². The van der Waals surface area contributed by atoms with Crippen molar-refractivity contribution in [3.05, 3.63) is 65.9 Å². The first-order chi connectivity index (χ1) is 11.7. The smallest absolute Gasteiger partial charge is 0.233 e. The molecule has 0 spiro atoms. The summed E-state index contributed by atoms with van der Waals surface area (Å²) in [6.45, 7) is 2.33. The maximum atomic E-state index is 12.5. The molecular formula is C18H15N5O. The van der Waals surface area contributed by atoms with Crippen LogP contribution in [0.5, 0.6) is 0 Å². The molecule has 3 aromatic rings. The van der Waals surface area contributed by atoms with Gasteiger partial charge in [0.15, 0.2) is 5.82 Å². The number of fused-ring (bicyclic) bond motifs is 1. The number of rotatable bonds is 3. The number of nitrogens with zero attached hydrogens (tertiary/aromatic N) is 5. The standard InChI is InChI=1S/C18H15N5O/c1-12-15-10-16(24)23(11-14-4-2-3-7-20-14)18(15)22-17(21-12)13-5-8-19-9-6-13/h2-9H,10-11H2,1H3. The second-order valence-corrected chi connectivity index (χ2v) is 5.65. The largest absolute Gasteiger partial charge is 0.290 e. The van der Waals surface area contributed by atoms with E-state index in [1.54, 1.807) is 23.5 Å². The Labute approximate surface area is 139 Å². The normalized spacial score (nSPS) is 13.2. The molecule has 0 aromatic carbocycles. The van der Waals surface area contributed by atoms with E-state index in [0.717, 1.165) is 22.5 Å². The molecule has 6 heteroatoms. The van der Waals surface area contributed by atoms with Gasteiger partial charge in [0.05, 0.1) is 18.7 Å². The third-order valence-electron chi connectivity index (χ3n) is 4.06. The van der Waals surface area contributed by atoms with E-state index in [0.29, 0.717) is 24.6 Å². The Morgan fingerprint density at radius 2 is 1.92 bits per heavy atom. The molecule has 4 rings (SSSR count). The molecule has 1 aliphatic rings. The van der Waals surface area contributed by atoms with Crippen molar-refractivity contribution in [2.75, 3.05) is 4.90 Å². The van der Waals surface area contributed by atoms with Crippen LogP contribution in [0.4, 0.5) is 5.82 Å². The van der Waals surface area contributed by atoms with Gasteiger partial charge in [0.2, 0.25) is 5.91 Å². The van der Waals surface area contributed by atoms with Crippen LogP contribution in [0.2, 0.25) is 0 Å². The van der Waals surface area contributed by atoms with Gasteiger partial charge < -0.3 is 0 Å². The molecule has 24 heavy (non-hydrogen) atoms. The first-order valence-electron chi connectivity index (χ1n) is 7.70. The van der Waals surface area contributed by atoms with Crippen LogP contribution in [0, 0.1) is 6.92 Å². The van der Waals surface area contributed by atoms with Crippen molar-refractivity contribution in [1.82, 2.24) is 19.9 Å². The summed E-state index contributed by atoms with van der Waals surface area (Å²) in [5.74, 6) is 1.32. The lowest BCUT2D eigenvalue weighted by Crippen LogP contribution is -2.27. The minimum atomic E-state index is 0.0277. The van der Waals surface area contributed by atoms with Crippen molar-refractivity contribution < 1.29 is 4.79 Å². The molecule has 0 bridgehead atoms. The highest BCUT2D eigenvalue weighted by Crippen LogP contribution is 2.31. The lowest BCUT2D eigenvalue weighted by atomic mass is 10.2. The molecule has 1 aliphatic heterocycles. The summed E-state index contributed by atoms with van der Waals surface area (Å²) < 4.78 is 0. The predicted octanol–water partition coefficient (Wildman–Crippen LogP) is 2.33. The first-order valence-corrected chi connectivity index (χ1v) is 7.70. The van der Waals surface area contributed by atoms with Crippen molar-refractivity contribution in [2.45, 2.75) is 19.9 Å². The van der Waals surface area contributed by atoms with Gasteiger partial charge in [-0.25, -0.2) is 9.97 Å². The molecule has 0 atom stereocenters. The van der Waals surface area contributed by atoms with Crippen LogP contribution in [0.3, 0.4) is 0 Å². The molecule has 0 saturated carbocycles. The number of pyridine rings is 2. The number of aryl methyl sites for hydroxylation is 1. The Morgan fingerprint density at radius 1 is 1.08 bits per heavy atom. The second kappa shape index (κ2) is 5.81. The van der Waals surface area contributed by atoms with Crippen LogP contribution in [-0.4, -0.2) is 25.8 Å². The van der Waals surface area contributed by atoms with Crippen molar-refractivity contribution >= 4 is 11.7 Å². The summed E-state index contributed by atoms with van der Waals surface area (Å²) in [7, 11) is 0. The predicted molar refractivity (Wildman–Crippen MR) is 89.1 cm³/mol. The van der Waals surface area contributed by atoms with Crippen molar-refractivity contribution in [1.29, 1.82) is 0 Å². The van der Waals surface area contributed by atoms with E-state index in [1.807, 2.05) is 37.3 Å². The zero-order valence-electron chi connectivity index (χ0n) is 13.2. The van der Waals surface area contributed by atoms with Crippen LogP contribution >= 0.6 is 0 Å². The third-order valence-corrected chi connectivity index (χ3v) is 4.06. The van der Waals surface area contributed by atoms with Crippen molar-refractivity contribution in [3.8, 4) is 11.4 Å². The van der Waals surface area contributed by atoms with Gasteiger partial charge in [0, 0.05) is 35.4 Å². The van der Waals surface area contributed by atoms with Gasteiger partial charge in [-0.05, 0) is 31.2 Å². The molecule has 118 valence electrons. The Morgan fingerprint density at radius 3 is 2.67 bits per heavy atom. The number of hydrogen-bond donors (Lipinski definition) is 0. The van der Waals surface area contributed by atoms with E-state index in [4.69, 9.17) is 0 Å². The fourth-order valence-corrected chi connectivity index (χ4v) is 2.82. The second-order valence-electron chi connectivity index (χ2n) is 5.65. The summed E-state index contributed by atoms with van der Waals surface area (Å²) in [6.07, 6.45) is 5.48. The fourth-order valence-electron chi connectivity index (χ4n) is 2.82. The Balaban J connectivity index is 1.76. The number of aromatic nitrogens is 4. The monoisotopic (exact) mass is 317 g/mol. The quantitative estimate of drug-likeness (QED) is 0.741. The van der Waals surface area contributed by atoms with Gasteiger partial charge in [-0.1, -0.05) is 6.07 Å². The molecule has 3 aromatic heterocycles. The highest BCUT2D eigenvalue weighted by Gasteiger charge is 2.31. The first kappa shape index (κ1) is 14.4. The fraction of sp³-hybridized carbons (Fsp3) is 0.167. The lowest BCUT2D eigenvalue weighted by Gasteiger charge is -2.17. The van der Waals surface area contributed by atoms with E-state index in [1.165, 1.54) is 0 Å². The van der Waals surface area contributed by atoms with Crippen molar-refractivity contribution in [3.63, 3.8) is 0 Å². The molecule has 0 saturated heterocycles. The number of amides is 1. The number of carbonyl (C=O) groups is 1. The maximum absolute atomic E-state index is 12.5. The molecular weight excluding hydrogens is 302 g/mol. The molecule has 0 radical (unpaired) electrons. The van der Waals surface area contributed by atoms with Crippen molar-refractivity contribution in [2.24, 2.45) is 0 Å². The number of carbonyl (C=O) groups excluding carboxylic acids is 1. The summed E-state index contributed by atoms with van der Waals surface area (Å²) >= 11 is 0. The maximum Gasteiger partial charge on any atom is 0.233 e. The molecule has 1 amide bonds. The van der Waals surface area contributed by atoms with Gasteiger partial charge in [-0.2, -0.15) is 0 Å². The molecule has 0 fully saturated rings. The van der Waals surface area contributed by atoms with E-state index in [9.17, 15) is 4.79 Å². The number of anilines is 1. The van der Waals surface area contributed by atoms with Crippen LogP contribution in [0.25, 0.3) is 11.4 Å². The molecule has 0 aliphatic carbocycles.